The van der Waals surface area contributed by atoms with E-state index in [0.29, 0.717) is 0 Å². The Morgan fingerprint density at radius 1 is 1.31 bits per heavy atom. The van der Waals surface area contributed by atoms with Crippen molar-refractivity contribution in [3.05, 3.63) is 22.8 Å². The molecule has 2 aliphatic rings. The van der Waals surface area contributed by atoms with Crippen LogP contribution in [0.2, 0.25) is 0 Å². The standard InChI is InChI=1S/C11H16OS/c1-7-6-11(12-5)10(4,13-11)9(3)8(7)2/h6H,1-5H3. The lowest BCUT2D eigenvalue weighted by atomic mass is 9.84. The van der Waals surface area contributed by atoms with Crippen LogP contribution in [-0.4, -0.2) is 16.8 Å². The van der Waals surface area contributed by atoms with Gasteiger partial charge in [0.25, 0.3) is 0 Å². The van der Waals surface area contributed by atoms with Crippen molar-refractivity contribution in [1.29, 1.82) is 0 Å². The van der Waals surface area contributed by atoms with Crippen molar-refractivity contribution < 1.29 is 4.74 Å². The Morgan fingerprint density at radius 2 is 1.92 bits per heavy atom. The van der Waals surface area contributed by atoms with Crippen LogP contribution < -0.4 is 0 Å². The topological polar surface area (TPSA) is 9.23 Å². The molecular weight excluding hydrogens is 180 g/mol. The fourth-order valence-electron chi connectivity index (χ4n) is 2.12. The van der Waals surface area contributed by atoms with Gasteiger partial charge in [-0.2, -0.15) is 0 Å². The molecule has 0 radical (unpaired) electrons. The van der Waals surface area contributed by atoms with Gasteiger partial charge in [-0.05, 0) is 44.9 Å². The summed E-state index contributed by atoms with van der Waals surface area (Å²) in [5.41, 5.74) is 4.27. The van der Waals surface area contributed by atoms with Crippen molar-refractivity contribution in [3.8, 4) is 0 Å². The van der Waals surface area contributed by atoms with E-state index in [1.807, 2.05) is 11.8 Å². The van der Waals surface area contributed by atoms with E-state index in [4.69, 9.17) is 4.74 Å². The SMILES string of the molecule is COC12C=C(C)C(C)=C(C)C1(C)S2. The first-order valence-corrected chi connectivity index (χ1v) is 5.41. The maximum atomic E-state index is 5.60. The minimum atomic E-state index is -0.0549. The van der Waals surface area contributed by atoms with Crippen LogP contribution in [0.25, 0.3) is 0 Å². The van der Waals surface area contributed by atoms with Crippen molar-refractivity contribution in [3.63, 3.8) is 0 Å². The molecule has 0 spiro atoms. The maximum Gasteiger partial charge on any atom is 0.151 e. The zero-order valence-electron chi connectivity index (χ0n) is 8.89. The number of allylic oxidation sites excluding steroid dienone is 2. The third kappa shape index (κ3) is 0.934. The molecule has 0 N–H and O–H groups in total. The Kier molecular flexibility index (Phi) is 1.74. The van der Waals surface area contributed by atoms with Gasteiger partial charge in [-0.25, -0.2) is 0 Å². The van der Waals surface area contributed by atoms with Gasteiger partial charge in [-0.1, -0.05) is 5.57 Å². The molecule has 1 saturated heterocycles. The summed E-state index contributed by atoms with van der Waals surface area (Å²) >= 11 is 1.91. The second-order valence-electron chi connectivity index (χ2n) is 4.08. The lowest BCUT2D eigenvalue weighted by Gasteiger charge is -2.24. The Hall–Kier alpha value is -0.210. The largest absolute Gasteiger partial charge is 0.362 e. The van der Waals surface area contributed by atoms with E-state index in [9.17, 15) is 0 Å². The van der Waals surface area contributed by atoms with E-state index in [1.54, 1.807) is 7.11 Å². The lowest BCUT2D eigenvalue weighted by Crippen LogP contribution is -2.28. The van der Waals surface area contributed by atoms with Crippen LogP contribution >= 0.6 is 11.8 Å². The Bertz CT molecular complexity index is 327. The van der Waals surface area contributed by atoms with Gasteiger partial charge in [-0.3, -0.25) is 0 Å². The van der Waals surface area contributed by atoms with Gasteiger partial charge < -0.3 is 4.74 Å². The maximum absolute atomic E-state index is 5.60. The van der Waals surface area contributed by atoms with Gasteiger partial charge in [0.2, 0.25) is 0 Å². The number of ether oxygens (including phenoxy) is 1. The van der Waals surface area contributed by atoms with E-state index in [2.05, 4.69) is 33.8 Å². The highest BCUT2D eigenvalue weighted by Crippen LogP contribution is 2.70. The molecule has 2 heteroatoms. The van der Waals surface area contributed by atoms with E-state index >= 15 is 0 Å². The molecule has 0 amide bonds. The highest BCUT2D eigenvalue weighted by molar-refractivity contribution is 8.10. The zero-order chi connectivity index (χ0) is 9.85. The van der Waals surface area contributed by atoms with Crippen molar-refractivity contribution in [1.82, 2.24) is 0 Å². The lowest BCUT2D eigenvalue weighted by molar-refractivity contribution is 0.122. The molecule has 0 bridgehead atoms. The molecule has 2 atom stereocenters. The molecule has 13 heavy (non-hydrogen) atoms. The first kappa shape index (κ1) is 9.35. The van der Waals surface area contributed by atoms with Crippen molar-refractivity contribution >= 4 is 11.8 Å². The number of thioether (sulfide) groups is 1. The number of hydrogen-bond acceptors (Lipinski definition) is 2. The first-order chi connectivity index (χ1) is 5.97. The van der Waals surface area contributed by atoms with Crippen LogP contribution in [0.1, 0.15) is 27.7 Å². The third-order valence-corrected chi connectivity index (χ3v) is 5.37. The predicted octanol–water partition coefficient (Wildman–Crippen LogP) is 3.13. The van der Waals surface area contributed by atoms with Gasteiger partial charge in [-0.15, -0.1) is 11.8 Å². The van der Waals surface area contributed by atoms with Crippen molar-refractivity contribution in [2.75, 3.05) is 7.11 Å². The molecule has 0 aromatic heterocycles. The third-order valence-electron chi connectivity index (χ3n) is 3.56. The van der Waals surface area contributed by atoms with Gasteiger partial charge >= 0.3 is 0 Å². The second kappa shape index (κ2) is 2.43. The molecule has 0 aromatic carbocycles. The first-order valence-electron chi connectivity index (χ1n) is 4.60. The molecule has 2 rings (SSSR count). The summed E-state index contributed by atoms with van der Waals surface area (Å²) in [4.78, 5) is -0.0549. The summed E-state index contributed by atoms with van der Waals surface area (Å²) in [5.74, 6) is 0. The fourth-order valence-corrected chi connectivity index (χ4v) is 3.60. The van der Waals surface area contributed by atoms with Gasteiger partial charge in [0.1, 0.15) is 0 Å². The molecule has 1 aliphatic carbocycles. The average Bonchev–Trinajstić information content (AvgIpc) is 2.70. The van der Waals surface area contributed by atoms with E-state index < -0.39 is 0 Å². The number of hydrogen-bond donors (Lipinski definition) is 0. The average molecular weight is 196 g/mol. The van der Waals surface area contributed by atoms with Crippen LogP contribution in [0.5, 0.6) is 0 Å². The summed E-state index contributed by atoms with van der Waals surface area (Å²) in [6, 6.07) is 0. The van der Waals surface area contributed by atoms with Gasteiger partial charge in [0, 0.05) is 7.11 Å². The Morgan fingerprint density at radius 3 is 2.46 bits per heavy atom. The normalized spacial score (nSPS) is 43.0. The quantitative estimate of drug-likeness (QED) is 0.596. The monoisotopic (exact) mass is 196 g/mol. The molecule has 0 aromatic rings. The molecular formula is C11H16OS. The molecule has 1 nitrogen and oxygen atoms in total. The zero-order valence-corrected chi connectivity index (χ0v) is 9.71. The summed E-state index contributed by atoms with van der Waals surface area (Å²) in [6.45, 7) is 8.85. The molecule has 1 fully saturated rings. The molecule has 72 valence electrons. The summed E-state index contributed by atoms with van der Waals surface area (Å²) in [5, 5.41) is 0. The summed E-state index contributed by atoms with van der Waals surface area (Å²) in [6.07, 6.45) is 2.26. The summed E-state index contributed by atoms with van der Waals surface area (Å²) < 4.78 is 5.80. The van der Waals surface area contributed by atoms with Crippen molar-refractivity contribution in [2.45, 2.75) is 37.4 Å². The minimum Gasteiger partial charge on any atom is -0.362 e. The predicted molar refractivity (Wildman–Crippen MR) is 57.9 cm³/mol. The number of rotatable bonds is 1. The van der Waals surface area contributed by atoms with Crippen LogP contribution in [-0.2, 0) is 4.74 Å². The summed E-state index contributed by atoms with van der Waals surface area (Å²) in [7, 11) is 1.80. The van der Waals surface area contributed by atoms with Crippen LogP contribution in [0, 0.1) is 0 Å². The highest BCUT2D eigenvalue weighted by Gasteiger charge is 2.68. The Labute approximate surface area is 84.2 Å². The van der Waals surface area contributed by atoms with E-state index in [0.717, 1.165) is 0 Å². The number of fused-ring (bicyclic) bond motifs is 1. The smallest absolute Gasteiger partial charge is 0.151 e. The van der Waals surface area contributed by atoms with Gasteiger partial charge in [0.05, 0.1) is 4.75 Å². The van der Waals surface area contributed by atoms with Crippen LogP contribution in [0.3, 0.4) is 0 Å². The molecule has 0 saturated carbocycles. The number of methoxy groups -OCH3 is 1. The fraction of sp³-hybridized carbons (Fsp3) is 0.636. The van der Waals surface area contributed by atoms with Crippen LogP contribution in [0.15, 0.2) is 22.8 Å². The molecule has 1 heterocycles. The van der Waals surface area contributed by atoms with Crippen LogP contribution in [0.4, 0.5) is 0 Å². The van der Waals surface area contributed by atoms with Gasteiger partial charge in [0.15, 0.2) is 4.93 Å². The highest BCUT2D eigenvalue weighted by atomic mass is 32.2. The Balaban J connectivity index is 2.50. The van der Waals surface area contributed by atoms with E-state index in [1.165, 1.54) is 16.7 Å². The molecule has 1 aliphatic heterocycles. The molecule has 2 unspecified atom stereocenters. The van der Waals surface area contributed by atoms with E-state index in [-0.39, 0.29) is 9.68 Å². The van der Waals surface area contributed by atoms with Crippen molar-refractivity contribution in [2.24, 2.45) is 0 Å². The second-order valence-corrected chi connectivity index (χ2v) is 5.71. The minimum absolute atomic E-state index is 0.0549.